The molecule has 0 aliphatic carbocycles. The molecule has 1 N–H and O–H groups in total. The van der Waals surface area contributed by atoms with Gasteiger partial charge in [-0.2, -0.15) is 5.10 Å². The molecule has 0 saturated carbocycles. The van der Waals surface area contributed by atoms with Crippen LogP contribution in [0.25, 0.3) is 6.20 Å². The molecule has 0 bridgehead atoms. The Hall–Kier alpha value is -2.30. The number of rotatable bonds is 5. The minimum Gasteiger partial charge on any atom is -0.380 e. The summed E-state index contributed by atoms with van der Waals surface area (Å²) in [6.45, 7) is 6.91. The molecule has 0 radical (unpaired) electrons. The third-order valence-electron chi connectivity index (χ3n) is 2.66. The molecule has 2 heterocycles. The maximum absolute atomic E-state index is 11.4. The molecule has 2 aromatic rings. The van der Waals surface area contributed by atoms with Crippen LogP contribution in [0.2, 0.25) is 0 Å². The molecular formula is C13H16N4O. The molecule has 0 amide bonds. The summed E-state index contributed by atoms with van der Waals surface area (Å²) in [7, 11) is 0. The van der Waals surface area contributed by atoms with Crippen molar-refractivity contribution in [3.63, 3.8) is 0 Å². The van der Waals surface area contributed by atoms with Crippen LogP contribution in [-0.4, -0.2) is 14.3 Å². The van der Waals surface area contributed by atoms with Gasteiger partial charge in [-0.05, 0) is 13.0 Å². The Morgan fingerprint density at radius 3 is 2.94 bits per heavy atom. The maximum atomic E-state index is 11.4. The topological polar surface area (TPSA) is 51.9 Å². The van der Waals surface area contributed by atoms with Gasteiger partial charge in [0.2, 0.25) is 0 Å². The first kappa shape index (κ1) is 12.2. The first-order chi connectivity index (χ1) is 8.72. The molecule has 0 aliphatic heterocycles. The zero-order valence-corrected chi connectivity index (χ0v) is 10.3. The molecule has 5 heteroatoms. The zero-order chi connectivity index (χ0) is 13.0. The number of hydrogen-bond acceptors (Lipinski definition) is 3. The summed E-state index contributed by atoms with van der Waals surface area (Å²) in [4.78, 5) is 11.4. The normalized spacial score (nSPS) is 10.3. The van der Waals surface area contributed by atoms with Crippen molar-refractivity contribution >= 4 is 11.9 Å². The van der Waals surface area contributed by atoms with E-state index in [0.29, 0.717) is 13.1 Å². The van der Waals surface area contributed by atoms with Crippen molar-refractivity contribution in [3.8, 4) is 0 Å². The lowest BCUT2D eigenvalue weighted by Gasteiger charge is -2.07. The molecule has 0 fully saturated rings. The lowest BCUT2D eigenvalue weighted by atomic mass is 10.3. The van der Waals surface area contributed by atoms with Crippen LogP contribution in [0, 0.1) is 0 Å². The first-order valence-corrected chi connectivity index (χ1v) is 5.83. The SMILES string of the molecule is C=Cn1cc(CNc2ccc(=O)n(CC)c2)cn1. The third-order valence-corrected chi connectivity index (χ3v) is 2.66. The number of nitrogens with zero attached hydrogens (tertiary/aromatic N) is 3. The van der Waals surface area contributed by atoms with Crippen molar-refractivity contribution < 1.29 is 0 Å². The van der Waals surface area contributed by atoms with Crippen LogP contribution in [0.3, 0.4) is 0 Å². The predicted molar refractivity (Wildman–Crippen MR) is 72.3 cm³/mol. The highest BCUT2D eigenvalue weighted by atomic mass is 16.1. The van der Waals surface area contributed by atoms with Crippen LogP contribution in [0.5, 0.6) is 0 Å². The van der Waals surface area contributed by atoms with E-state index >= 15 is 0 Å². The number of nitrogens with one attached hydrogen (secondary N) is 1. The van der Waals surface area contributed by atoms with Crippen LogP contribution >= 0.6 is 0 Å². The Morgan fingerprint density at radius 1 is 1.44 bits per heavy atom. The van der Waals surface area contributed by atoms with E-state index in [2.05, 4.69) is 17.0 Å². The second-order valence-electron chi connectivity index (χ2n) is 3.91. The monoisotopic (exact) mass is 244 g/mol. The maximum Gasteiger partial charge on any atom is 0.250 e. The zero-order valence-electron chi connectivity index (χ0n) is 10.3. The van der Waals surface area contributed by atoms with Crippen LogP contribution in [0.4, 0.5) is 5.69 Å². The van der Waals surface area contributed by atoms with Crippen LogP contribution in [-0.2, 0) is 13.1 Å². The van der Waals surface area contributed by atoms with Gasteiger partial charge in [0.25, 0.3) is 5.56 Å². The molecule has 94 valence electrons. The Balaban J connectivity index is 2.05. The summed E-state index contributed by atoms with van der Waals surface area (Å²) in [5.41, 5.74) is 1.99. The summed E-state index contributed by atoms with van der Waals surface area (Å²) in [6.07, 6.45) is 7.14. The van der Waals surface area contributed by atoms with Gasteiger partial charge in [-0.3, -0.25) is 4.79 Å². The van der Waals surface area contributed by atoms with Gasteiger partial charge in [-0.15, -0.1) is 0 Å². The molecule has 2 rings (SSSR count). The molecule has 0 spiro atoms. The highest BCUT2D eigenvalue weighted by molar-refractivity contribution is 5.40. The number of hydrogen-bond donors (Lipinski definition) is 1. The number of anilines is 1. The van der Waals surface area contributed by atoms with Gasteiger partial charge < -0.3 is 9.88 Å². The summed E-state index contributed by atoms with van der Waals surface area (Å²) in [6, 6.07) is 3.35. The van der Waals surface area contributed by atoms with E-state index in [1.165, 1.54) is 0 Å². The molecule has 2 aromatic heterocycles. The van der Waals surface area contributed by atoms with Crippen LogP contribution < -0.4 is 10.9 Å². The van der Waals surface area contributed by atoms with Crippen molar-refractivity contribution in [1.29, 1.82) is 0 Å². The van der Waals surface area contributed by atoms with E-state index in [1.54, 1.807) is 33.8 Å². The van der Waals surface area contributed by atoms with Gasteiger partial charge in [-0.25, -0.2) is 4.68 Å². The van der Waals surface area contributed by atoms with E-state index in [0.717, 1.165) is 11.3 Å². The molecule has 5 nitrogen and oxygen atoms in total. The van der Waals surface area contributed by atoms with Crippen molar-refractivity contribution in [2.24, 2.45) is 0 Å². The second-order valence-corrected chi connectivity index (χ2v) is 3.91. The fourth-order valence-electron chi connectivity index (χ4n) is 1.66. The highest BCUT2D eigenvalue weighted by Crippen LogP contribution is 2.06. The second kappa shape index (κ2) is 5.35. The summed E-state index contributed by atoms with van der Waals surface area (Å²) in [5.74, 6) is 0. The first-order valence-electron chi connectivity index (χ1n) is 5.83. The van der Waals surface area contributed by atoms with Crippen LogP contribution in [0.15, 0.2) is 42.1 Å². The van der Waals surface area contributed by atoms with E-state index in [4.69, 9.17) is 0 Å². The molecule has 18 heavy (non-hydrogen) atoms. The number of aryl methyl sites for hydroxylation is 1. The predicted octanol–water partition coefficient (Wildman–Crippen LogP) is 1.78. The lowest BCUT2D eigenvalue weighted by molar-refractivity contribution is 0.727. The summed E-state index contributed by atoms with van der Waals surface area (Å²) in [5, 5.41) is 7.35. The van der Waals surface area contributed by atoms with Gasteiger partial charge in [0.05, 0.1) is 11.9 Å². The minimum atomic E-state index is 0.0162. The Bertz CT molecular complexity index is 597. The third kappa shape index (κ3) is 2.68. The smallest absolute Gasteiger partial charge is 0.250 e. The average molecular weight is 244 g/mol. The van der Waals surface area contributed by atoms with Gasteiger partial charge in [0.1, 0.15) is 0 Å². The average Bonchev–Trinajstić information content (AvgIpc) is 2.86. The summed E-state index contributed by atoms with van der Waals surface area (Å²) >= 11 is 0. The van der Waals surface area contributed by atoms with Crippen molar-refractivity contribution in [2.75, 3.05) is 5.32 Å². The van der Waals surface area contributed by atoms with E-state index < -0.39 is 0 Å². The summed E-state index contributed by atoms with van der Waals surface area (Å²) < 4.78 is 3.32. The Kier molecular flexibility index (Phi) is 3.62. The van der Waals surface area contributed by atoms with E-state index in [1.807, 2.05) is 19.3 Å². The fourth-order valence-corrected chi connectivity index (χ4v) is 1.66. The molecular weight excluding hydrogens is 228 g/mol. The number of aromatic nitrogens is 3. The highest BCUT2D eigenvalue weighted by Gasteiger charge is 1.99. The largest absolute Gasteiger partial charge is 0.380 e. The van der Waals surface area contributed by atoms with Crippen molar-refractivity contribution in [3.05, 3.63) is 53.2 Å². The van der Waals surface area contributed by atoms with E-state index in [-0.39, 0.29) is 5.56 Å². The van der Waals surface area contributed by atoms with Crippen molar-refractivity contribution in [1.82, 2.24) is 14.3 Å². The molecule has 0 aliphatic rings. The molecule has 0 unspecified atom stereocenters. The minimum absolute atomic E-state index is 0.0162. The standard InChI is InChI=1S/C13H16N4O/c1-3-16-10-12(5-6-13(16)18)14-7-11-8-15-17(4-2)9-11/h4-6,8-10,14H,2-3,7H2,1H3. The lowest BCUT2D eigenvalue weighted by Crippen LogP contribution is -2.17. The van der Waals surface area contributed by atoms with Gasteiger partial charge in [0, 0.05) is 43.3 Å². The quantitative estimate of drug-likeness (QED) is 0.872. The van der Waals surface area contributed by atoms with Gasteiger partial charge >= 0.3 is 0 Å². The van der Waals surface area contributed by atoms with E-state index in [9.17, 15) is 4.79 Å². The molecule has 0 aromatic carbocycles. The Morgan fingerprint density at radius 2 is 2.28 bits per heavy atom. The van der Waals surface area contributed by atoms with Crippen LogP contribution in [0.1, 0.15) is 12.5 Å². The Labute approximate surface area is 105 Å². The molecule has 0 saturated heterocycles. The van der Waals surface area contributed by atoms with Gasteiger partial charge in [-0.1, -0.05) is 6.58 Å². The van der Waals surface area contributed by atoms with Crippen molar-refractivity contribution in [2.45, 2.75) is 20.0 Å². The van der Waals surface area contributed by atoms with Gasteiger partial charge in [0.15, 0.2) is 0 Å². The number of pyridine rings is 1. The molecule has 0 atom stereocenters. The fraction of sp³-hybridized carbons (Fsp3) is 0.231.